The maximum atomic E-state index is 10.4. The SMILES string of the molecule is Cc1cc2c(n1CCCOCC(C)C)CC(C)(C)CC2O. The summed E-state index contributed by atoms with van der Waals surface area (Å²) in [6.45, 7) is 13.6. The Balaban J connectivity index is 2.01. The Morgan fingerprint density at radius 1 is 1.43 bits per heavy atom. The van der Waals surface area contributed by atoms with Gasteiger partial charge in [-0.15, -0.1) is 0 Å². The fourth-order valence-electron chi connectivity index (χ4n) is 3.35. The van der Waals surface area contributed by atoms with Gasteiger partial charge in [-0.1, -0.05) is 27.7 Å². The van der Waals surface area contributed by atoms with Crippen molar-refractivity contribution in [3.05, 3.63) is 23.0 Å². The summed E-state index contributed by atoms with van der Waals surface area (Å²) < 4.78 is 8.06. The topological polar surface area (TPSA) is 34.4 Å². The number of hydrogen-bond donors (Lipinski definition) is 1. The van der Waals surface area contributed by atoms with Gasteiger partial charge in [0.25, 0.3) is 0 Å². The van der Waals surface area contributed by atoms with Crippen molar-refractivity contribution in [2.45, 2.75) is 66.5 Å². The number of nitrogens with zero attached hydrogens (tertiary/aromatic N) is 1. The molecule has 0 bridgehead atoms. The van der Waals surface area contributed by atoms with E-state index in [4.69, 9.17) is 4.74 Å². The Hall–Kier alpha value is -0.800. The van der Waals surface area contributed by atoms with Crippen molar-refractivity contribution in [2.75, 3.05) is 13.2 Å². The first-order chi connectivity index (χ1) is 9.80. The number of aliphatic hydroxyl groups excluding tert-OH is 1. The molecule has 1 aromatic heterocycles. The Kier molecular flexibility index (Phi) is 5.15. The van der Waals surface area contributed by atoms with E-state index in [1.807, 2.05) is 0 Å². The maximum absolute atomic E-state index is 10.4. The van der Waals surface area contributed by atoms with Crippen LogP contribution >= 0.6 is 0 Å². The fourth-order valence-corrected chi connectivity index (χ4v) is 3.35. The number of aliphatic hydroxyl groups is 1. The van der Waals surface area contributed by atoms with Crippen LogP contribution in [0.25, 0.3) is 0 Å². The molecule has 3 heteroatoms. The van der Waals surface area contributed by atoms with Crippen molar-refractivity contribution < 1.29 is 9.84 Å². The van der Waals surface area contributed by atoms with Crippen molar-refractivity contribution in [1.29, 1.82) is 0 Å². The van der Waals surface area contributed by atoms with Crippen molar-refractivity contribution in [3.8, 4) is 0 Å². The molecule has 1 unspecified atom stereocenters. The van der Waals surface area contributed by atoms with Crippen molar-refractivity contribution in [3.63, 3.8) is 0 Å². The summed E-state index contributed by atoms with van der Waals surface area (Å²) in [7, 11) is 0. The van der Waals surface area contributed by atoms with E-state index in [9.17, 15) is 5.11 Å². The molecule has 0 fully saturated rings. The first kappa shape index (κ1) is 16.6. The lowest BCUT2D eigenvalue weighted by Crippen LogP contribution is -2.27. The van der Waals surface area contributed by atoms with Gasteiger partial charge in [0, 0.05) is 36.7 Å². The highest BCUT2D eigenvalue weighted by atomic mass is 16.5. The summed E-state index contributed by atoms with van der Waals surface area (Å²) >= 11 is 0. The molecular weight excluding hydrogens is 262 g/mol. The van der Waals surface area contributed by atoms with E-state index in [1.54, 1.807) is 0 Å². The maximum Gasteiger partial charge on any atom is 0.0812 e. The van der Waals surface area contributed by atoms with E-state index in [0.717, 1.165) is 44.6 Å². The zero-order valence-corrected chi connectivity index (χ0v) is 14.3. The summed E-state index contributed by atoms with van der Waals surface area (Å²) in [6, 6.07) is 2.17. The van der Waals surface area contributed by atoms with Gasteiger partial charge in [0.2, 0.25) is 0 Å². The van der Waals surface area contributed by atoms with Crippen LogP contribution in [0.3, 0.4) is 0 Å². The van der Waals surface area contributed by atoms with E-state index in [2.05, 4.69) is 45.3 Å². The summed E-state index contributed by atoms with van der Waals surface area (Å²) in [5.74, 6) is 0.599. The lowest BCUT2D eigenvalue weighted by molar-refractivity contribution is 0.0958. The van der Waals surface area contributed by atoms with E-state index >= 15 is 0 Å². The van der Waals surface area contributed by atoms with Crippen molar-refractivity contribution >= 4 is 0 Å². The third-order valence-corrected chi connectivity index (χ3v) is 4.32. The predicted molar refractivity (Wildman–Crippen MR) is 86.5 cm³/mol. The molecule has 120 valence electrons. The number of aryl methyl sites for hydroxylation is 1. The molecule has 0 radical (unpaired) electrons. The molecule has 0 aromatic carbocycles. The lowest BCUT2D eigenvalue weighted by atomic mass is 9.75. The van der Waals surface area contributed by atoms with E-state index in [-0.39, 0.29) is 11.5 Å². The van der Waals surface area contributed by atoms with E-state index in [0.29, 0.717) is 5.92 Å². The van der Waals surface area contributed by atoms with E-state index < -0.39 is 0 Å². The number of rotatable bonds is 6. The minimum atomic E-state index is -0.305. The monoisotopic (exact) mass is 293 g/mol. The molecule has 1 N–H and O–H groups in total. The van der Waals surface area contributed by atoms with Crippen LogP contribution in [0.15, 0.2) is 6.07 Å². The summed E-state index contributed by atoms with van der Waals surface area (Å²) in [4.78, 5) is 0. The van der Waals surface area contributed by atoms with E-state index in [1.165, 1.54) is 11.4 Å². The molecule has 0 spiro atoms. The van der Waals surface area contributed by atoms with Gasteiger partial charge in [0.1, 0.15) is 0 Å². The highest BCUT2D eigenvalue weighted by molar-refractivity contribution is 5.33. The number of fused-ring (bicyclic) bond motifs is 1. The average Bonchev–Trinajstić information content (AvgIpc) is 2.65. The molecule has 1 aliphatic rings. The molecule has 1 atom stereocenters. The molecule has 0 amide bonds. The normalized spacial score (nSPS) is 20.8. The van der Waals surface area contributed by atoms with Crippen molar-refractivity contribution in [1.82, 2.24) is 4.57 Å². The zero-order valence-electron chi connectivity index (χ0n) is 14.3. The quantitative estimate of drug-likeness (QED) is 0.808. The smallest absolute Gasteiger partial charge is 0.0812 e. The van der Waals surface area contributed by atoms with Crippen LogP contribution in [0.4, 0.5) is 0 Å². The van der Waals surface area contributed by atoms with Gasteiger partial charge in [0.15, 0.2) is 0 Å². The molecule has 1 aliphatic carbocycles. The third-order valence-electron chi connectivity index (χ3n) is 4.32. The second kappa shape index (κ2) is 6.53. The summed E-state index contributed by atoms with van der Waals surface area (Å²) in [5, 5.41) is 10.4. The zero-order chi connectivity index (χ0) is 15.6. The molecule has 0 aliphatic heterocycles. The fraction of sp³-hybridized carbons (Fsp3) is 0.778. The minimum Gasteiger partial charge on any atom is -0.388 e. The first-order valence-electron chi connectivity index (χ1n) is 8.25. The second-order valence-corrected chi connectivity index (χ2v) is 7.72. The van der Waals surface area contributed by atoms with Gasteiger partial charge in [-0.05, 0) is 43.6 Å². The van der Waals surface area contributed by atoms with Gasteiger partial charge in [-0.25, -0.2) is 0 Å². The second-order valence-electron chi connectivity index (χ2n) is 7.72. The van der Waals surface area contributed by atoms with Crippen molar-refractivity contribution in [2.24, 2.45) is 11.3 Å². The summed E-state index contributed by atoms with van der Waals surface area (Å²) in [6.07, 6.45) is 2.65. The predicted octanol–water partition coefficient (Wildman–Crippen LogP) is 3.87. The third kappa shape index (κ3) is 4.10. The van der Waals surface area contributed by atoms with Crippen LogP contribution in [0.5, 0.6) is 0 Å². The Labute approximate surface area is 129 Å². The van der Waals surface area contributed by atoms with Gasteiger partial charge < -0.3 is 14.4 Å². The van der Waals surface area contributed by atoms with Crippen LogP contribution in [-0.4, -0.2) is 22.9 Å². The Morgan fingerprint density at radius 2 is 2.14 bits per heavy atom. The average molecular weight is 293 g/mol. The number of ether oxygens (including phenoxy) is 1. The molecule has 1 aromatic rings. The number of hydrogen-bond acceptors (Lipinski definition) is 2. The van der Waals surface area contributed by atoms with Gasteiger partial charge in [0.05, 0.1) is 6.10 Å². The van der Waals surface area contributed by atoms with Crippen LogP contribution in [-0.2, 0) is 17.7 Å². The molecule has 3 nitrogen and oxygen atoms in total. The van der Waals surface area contributed by atoms with Crippen LogP contribution in [0.2, 0.25) is 0 Å². The highest BCUT2D eigenvalue weighted by Gasteiger charge is 2.33. The van der Waals surface area contributed by atoms with Crippen LogP contribution in [0.1, 0.15) is 63.6 Å². The largest absolute Gasteiger partial charge is 0.388 e. The molecule has 2 rings (SSSR count). The molecule has 1 heterocycles. The minimum absolute atomic E-state index is 0.184. The molecule has 0 saturated carbocycles. The molecular formula is C18H31NO2. The Morgan fingerprint density at radius 3 is 2.81 bits per heavy atom. The van der Waals surface area contributed by atoms with Crippen LogP contribution in [0, 0.1) is 18.3 Å². The van der Waals surface area contributed by atoms with Gasteiger partial charge in [-0.2, -0.15) is 0 Å². The summed E-state index contributed by atoms with van der Waals surface area (Å²) in [5.41, 5.74) is 3.93. The first-order valence-corrected chi connectivity index (χ1v) is 8.25. The highest BCUT2D eigenvalue weighted by Crippen LogP contribution is 2.41. The molecule has 21 heavy (non-hydrogen) atoms. The lowest BCUT2D eigenvalue weighted by Gasteiger charge is -2.34. The van der Waals surface area contributed by atoms with Crippen LogP contribution < -0.4 is 0 Å². The van der Waals surface area contributed by atoms with Gasteiger partial charge in [-0.3, -0.25) is 0 Å². The molecule has 0 saturated heterocycles. The van der Waals surface area contributed by atoms with Gasteiger partial charge >= 0.3 is 0 Å². The number of aromatic nitrogens is 1. The standard InChI is InChI=1S/C18H31NO2/c1-13(2)12-21-8-6-7-19-14(3)9-15-16(19)10-18(4,5)11-17(15)20/h9,13,17,20H,6-8,10-12H2,1-5H3. The Bertz CT molecular complexity index is 474.